The number of fused-ring (bicyclic) bond motifs is 3. The quantitative estimate of drug-likeness (QED) is 0.462. The second kappa shape index (κ2) is 5.64. The van der Waals surface area contributed by atoms with E-state index in [1.165, 1.54) is 5.56 Å². The largest absolute Gasteiger partial charge is 0.276 e. The first kappa shape index (κ1) is 14.7. The molecule has 0 radical (unpaired) electrons. The zero-order valence-corrected chi connectivity index (χ0v) is 13.9. The Morgan fingerprint density at radius 1 is 0.708 bits per heavy atom. The van der Waals surface area contributed by atoms with Crippen molar-refractivity contribution < 1.29 is 0 Å². The van der Waals surface area contributed by atoms with Crippen LogP contribution in [0.5, 0.6) is 0 Å². The summed E-state index contributed by atoms with van der Waals surface area (Å²) >= 11 is 0. The average Bonchev–Trinajstić information content (AvgIpc) is 2.62. The van der Waals surface area contributed by atoms with Crippen molar-refractivity contribution in [3.05, 3.63) is 88.7 Å². The van der Waals surface area contributed by atoms with Crippen LogP contribution in [0.4, 0.5) is 0 Å². The van der Waals surface area contributed by atoms with Crippen molar-refractivity contribution in [3.8, 4) is 5.69 Å². The summed E-state index contributed by atoms with van der Waals surface area (Å²) in [5.41, 5.74) is 3.14. The number of rotatable bonds is 2. The third kappa shape index (κ3) is 2.15. The van der Waals surface area contributed by atoms with Gasteiger partial charge in [0.05, 0.1) is 11.2 Å². The van der Waals surface area contributed by atoms with Crippen LogP contribution < -0.4 is 5.56 Å². The highest BCUT2D eigenvalue weighted by atomic mass is 16.1. The smallest absolute Gasteiger partial charge is 0.263 e. The van der Waals surface area contributed by atoms with Crippen LogP contribution in [0.1, 0.15) is 25.3 Å². The molecule has 0 atom stereocenters. The molecule has 1 heterocycles. The maximum atomic E-state index is 13.3. The van der Waals surface area contributed by atoms with E-state index in [1.54, 1.807) is 0 Å². The molecule has 2 heteroatoms. The second-order valence-electron chi connectivity index (χ2n) is 6.42. The van der Waals surface area contributed by atoms with Gasteiger partial charge in [0, 0.05) is 10.8 Å². The van der Waals surface area contributed by atoms with Crippen molar-refractivity contribution in [2.75, 3.05) is 0 Å². The summed E-state index contributed by atoms with van der Waals surface area (Å²) in [5, 5.41) is 2.87. The van der Waals surface area contributed by atoms with Gasteiger partial charge in [0.1, 0.15) is 0 Å². The van der Waals surface area contributed by atoms with Crippen LogP contribution in [0.25, 0.3) is 27.4 Å². The number of hydrogen-bond acceptors (Lipinski definition) is 1. The normalized spacial score (nSPS) is 11.5. The fourth-order valence-electron chi connectivity index (χ4n) is 3.45. The Labute approximate surface area is 141 Å². The SMILES string of the molecule is CC(C)c1ccccc1-n1c(=O)c2ccccc2c2ccccc21. The summed E-state index contributed by atoms with van der Waals surface area (Å²) in [5.74, 6) is 0.346. The van der Waals surface area contributed by atoms with Crippen LogP contribution >= 0.6 is 0 Å². The van der Waals surface area contributed by atoms with Crippen molar-refractivity contribution in [3.63, 3.8) is 0 Å². The third-order valence-electron chi connectivity index (χ3n) is 4.60. The highest BCUT2D eigenvalue weighted by Gasteiger charge is 2.15. The van der Waals surface area contributed by atoms with Gasteiger partial charge < -0.3 is 0 Å². The lowest BCUT2D eigenvalue weighted by Crippen LogP contribution is -2.20. The van der Waals surface area contributed by atoms with E-state index in [0.29, 0.717) is 5.92 Å². The third-order valence-corrected chi connectivity index (χ3v) is 4.60. The number of benzene rings is 3. The van der Waals surface area contributed by atoms with Crippen LogP contribution in [0.3, 0.4) is 0 Å². The molecule has 0 bridgehead atoms. The molecular weight excluding hydrogens is 294 g/mol. The predicted octanol–water partition coefficient (Wildman–Crippen LogP) is 5.27. The molecule has 0 spiro atoms. The van der Waals surface area contributed by atoms with Crippen LogP contribution in [-0.2, 0) is 0 Å². The number of aromatic nitrogens is 1. The van der Waals surface area contributed by atoms with Gasteiger partial charge in [-0.2, -0.15) is 0 Å². The van der Waals surface area contributed by atoms with Gasteiger partial charge in [0.2, 0.25) is 0 Å². The van der Waals surface area contributed by atoms with Gasteiger partial charge in [-0.25, -0.2) is 0 Å². The van der Waals surface area contributed by atoms with Crippen molar-refractivity contribution in [1.29, 1.82) is 0 Å². The van der Waals surface area contributed by atoms with Gasteiger partial charge in [-0.1, -0.05) is 68.4 Å². The Morgan fingerprint density at radius 2 is 1.29 bits per heavy atom. The Morgan fingerprint density at radius 3 is 2.04 bits per heavy atom. The molecule has 0 fully saturated rings. The lowest BCUT2D eigenvalue weighted by atomic mass is 9.99. The first-order chi connectivity index (χ1) is 11.7. The Kier molecular flexibility index (Phi) is 3.46. The zero-order chi connectivity index (χ0) is 16.7. The molecule has 0 amide bonds. The average molecular weight is 313 g/mol. The van der Waals surface area contributed by atoms with Crippen molar-refractivity contribution in [2.24, 2.45) is 0 Å². The Balaban J connectivity index is 2.24. The molecule has 0 unspecified atom stereocenters. The van der Waals surface area contributed by atoms with Gasteiger partial charge in [-0.05, 0) is 35.1 Å². The molecule has 4 aromatic rings. The molecule has 2 nitrogen and oxygen atoms in total. The highest BCUT2D eigenvalue weighted by Crippen LogP contribution is 2.28. The Hall–Kier alpha value is -2.87. The molecule has 118 valence electrons. The van der Waals surface area contributed by atoms with E-state index < -0.39 is 0 Å². The standard InChI is InChI=1S/C22H19NO/c1-15(2)16-9-5-7-13-20(16)23-21-14-8-6-11-18(21)17-10-3-4-12-19(17)22(23)24/h3-15H,1-2H3. The monoisotopic (exact) mass is 313 g/mol. The van der Waals surface area contributed by atoms with Gasteiger partial charge in [-0.15, -0.1) is 0 Å². The van der Waals surface area contributed by atoms with E-state index >= 15 is 0 Å². The van der Waals surface area contributed by atoms with Crippen LogP contribution in [0, 0.1) is 0 Å². The van der Waals surface area contributed by atoms with Crippen LogP contribution in [0.2, 0.25) is 0 Å². The van der Waals surface area contributed by atoms with Gasteiger partial charge in [0.15, 0.2) is 0 Å². The summed E-state index contributed by atoms with van der Waals surface area (Å²) in [7, 11) is 0. The molecule has 0 N–H and O–H groups in total. The van der Waals surface area contributed by atoms with E-state index in [4.69, 9.17) is 0 Å². The fraction of sp³-hybridized carbons (Fsp3) is 0.136. The molecular formula is C22H19NO. The molecule has 0 saturated heterocycles. The van der Waals surface area contributed by atoms with Crippen molar-refractivity contribution >= 4 is 21.7 Å². The first-order valence-electron chi connectivity index (χ1n) is 8.30. The van der Waals surface area contributed by atoms with E-state index in [1.807, 2.05) is 65.2 Å². The first-order valence-corrected chi connectivity index (χ1v) is 8.30. The molecule has 0 aliphatic carbocycles. The van der Waals surface area contributed by atoms with E-state index in [9.17, 15) is 4.79 Å². The summed E-state index contributed by atoms with van der Waals surface area (Å²) in [6, 6.07) is 24.2. The number of pyridine rings is 1. The minimum atomic E-state index is 0.0393. The van der Waals surface area contributed by atoms with Gasteiger partial charge in [0.25, 0.3) is 5.56 Å². The topological polar surface area (TPSA) is 22.0 Å². The van der Waals surface area contributed by atoms with Gasteiger partial charge >= 0.3 is 0 Å². The molecule has 0 aliphatic rings. The van der Waals surface area contributed by atoms with Crippen molar-refractivity contribution in [1.82, 2.24) is 4.57 Å². The van der Waals surface area contributed by atoms with Crippen LogP contribution in [-0.4, -0.2) is 4.57 Å². The number of hydrogen-bond donors (Lipinski definition) is 0. The highest BCUT2D eigenvalue weighted by molar-refractivity contribution is 6.06. The summed E-state index contributed by atoms with van der Waals surface area (Å²) in [4.78, 5) is 13.3. The summed E-state index contributed by atoms with van der Waals surface area (Å²) in [6.07, 6.45) is 0. The molecule has 1 aromatic heterocycles. The Bertz CT molecular complexity index is 1110. The minimum Gasteiger partial charge on any atom is -0.276 e. The predicted molar refractivity (Wildman–Crippen MR) is 101 cm³/mol. The van der Waals surface area contributed by atoms with Gasteiger partial charge in [-0.3, -0.25) is 9.36 Å². The molecule has 24 heavy (non-hydrogen) atoms. The summed E-state index contributed by atoms with van der Waals surface area (Å²) in [6.45, 7) is 4.32. The van der Waals surface area contributed by atoms with Crippen LogP contribution in [0.15, 0.2) is 77.6 Å². The molecule has 0 aliphatic heterocycles. The number of para-hydroxylation sites is 2. The van der Waals surface area contributed by atoms with E-state index in [-0.39, 0.29) is 5.56 Å². The zero-order valence-electron chi connectivity index (χ0n) is 13.9. The lowest BCUT2D eigenvalue weighted by molar-refractivity contribution is 0.847. The molecule has 0 saturated carbocycles. The minimum absolute atomic E-state index is 0.0393. The molecule has 4 rings (SSSR count). The van der Waals surface area contributed by atoms with Crippen molar-refractivity contribution in [2.45, 2.75) is 19.8 Å². The second-order valence-corrected chi connectivity index (χ2v) is 6.42. The fourth-order valence-corrected chi connectivity index (χ4v) is 3.45. The lowest BCUT2D eigenvalue weighted by Gasteiger charge is -2.18. The molecule has 3 aromatic carbocycles. The maximum Gasteiger partial charge on any atom is 0.263 e. The number of nitrogens with zero attached hydrogens (tertiary/aromatic N) is 1. The van der Waals surface area contributed by atoms with E-state index in [0.717, 1.165) is 27.4 Å². The summed E-state index contributed by atoms with van der Waals surface area (Å²) < 4.78 is 1.87. The van der Waals surface area contributed by atoms with E-state index in [2.05, 4.69) is 26.0 Å². The maximum absolute atomic E-state index is 13.3.